The Hall–Kier alpha value is -2.76. The van der Waals surface area contributed by atoms with Gasteiger partial charge in [-0.05, 0) is 31.2 Å². The van der Waals surface area contributed by atoms with Gasteiger partial charge in [-0.1, -0.05) is 12.1 Å². The SMILES string of the molecule is CC(=O)c1cccc(NC(=O)Nc2cc(F)ccc2F)c1. The molecule has 0 radical (unpaired) electrons. The van der Waals surface area contributed by atoms with Gasteiger partial charge in [-0.3, -0.25) is 4.79 Å². The average Bonchev–Trinajstić information content (AvgIpc) is 2.43. The van der Waals surface area contributed by atoms with E-state index < -0.39 is 17.7 Å². The Morgan fingerprint density at radius 1 is 1.00 bits per heavy atom. The summed E-state index contributed by atoms with van der Waals surface area (Å²) < 4.78 is 26.4. The highest BCUT2D eigenvalue weighted by molar-refractivity contribution is 6.01. The van der Waals surface area contributed by atoms with Crippen molar-refractivity contribution in [3.8, 4) is 0 Å². The van der Waals surface area contributed by atoms with Crippen LogP contribution in [0.4, 0.5) is 25.0 Å². The number of halogens is 2. The van der Waals surface area contributed by atoms with E-state index in [1.807, 2.05) is 0 Å². The molecular weight excluding hydrogens is 278 g/mol. The smallest absolute Gasteiger partial charge is 0.308 e. The Labute approximate surface area is 119 Å². The van der Waals surface area contributed by atoms with Gasteiger partial charge in [0, 0.05) is 17.3 Å². The number of rotatable bonds is 3. The van der Waals surface area contributed by atoms with Crippen molar-refractivity contribution >= 4 is 23.2 Å². The van der Waals surface area contributed by atoms with E-state index >= 15 is 0 Å². The normalized spacial score (nSPS) is 10.0. The van der Waals surface area contributed by atoms with Crippen LogP contribution in [0.15, 0.2) is 42.5 Å². The van der Waals surface area contributed by atoms with E-state index in [1.165, 1.54) is 13.0 Å². The van der Waals surface area contributed by atoms with Crippen molar-refractivity contribution in [1.82, 2.24) is 0 Å². The minimum absolute atomic E-state index is 0.143. The number of anilines is 2. The average molecular weight is 290 g/mol. The summed E-state index contributed by atoms with van der Waals surface area (Å²) in [6.45, 7) is 1.40. The van der Waals surface area contributed by atoms with E-state index in [-0.39, 0.29) is 11.5 Å². The van der Waals surface area contributed by atoms with Crippen LogP contribution in [0, 0.1) is 11.6 Å². The van der Waals surface area contributed by atoms with E-state index in [9.17, 15) is 18.4 Å². The van der Waals surface area contributed by atoms with Gasteiger partial charge in [0.15, 0.2) is 5.78 Å². The van der Waals surface area contributed by atoms with Crippen molar-refractivity contribution in [1.29, 1.82) is 0 Å². The zero-order valence-electron chi connectivity index (χ0n) is 11.1. The topological polar surface area (TPSA) is 58.2 Å². The Kier molecular flexibility index (Phi) is 4.27. The molecule has 0 saturated heterocycles. The zero-order valence-corrected chi connectivity index (χ0v) is 11.1. The molecule has 0 heterocycles. The van der Waals surface area contributed by atoms with Crippen molar-refractivity contribution in [2.45, 2.75) is 6.92 Å². The monoisotopic (exact) mass is 290 g/mol. The van der Waals surface area contributed by atoms with Gasteiger partial charge in [0.2, 0.25) is 0 Å². The minimum atomic E-state index is -0.746. The van der Waals surface area contributed by atoms with Crippen LogP contribution in [0.5, 0.6) is 0 Å². The first-order valence-electron chi connectivity index (χ1n) is 6.10. The highest BCUT2D eigenvalue weighted by atomic mass is 19.1. The molecule has 0 spiro atoms. The van der Waals surface area contributed by atoms with E-state index in [0.29, 0.717) is 11.3 Å². The number of hydrogen-bond acceptors (Lipinski definition) is 2. The van der Waals surface area contributed by atoms with Gasteiger partial charge in [0.1, 0.15) is 11.6 Å². The van der Waals surface area contributed by atoms with Crippen LogP contribution >= 0.6 is 0 Å². The van der Waals surface area contributed by atoms with Gasteiger partial charge in [0.05, 0.1) is 5.69 Å². The maximum Gasteiger partial charge on any atom is 0.323 e. The van der Waals surface area contributed by atoms with Crippen LogP contribution in [-0.4, -0.2) is 11.8 Å². The molecular formula is C15H12F2N2O2. The summed E-state index contributed by atoms with van der Waals surface area (Å²) in [4.78, 5) is 23.0. The number of hydrogen-bond donors (Lipinski definition) is 2. The Morgan fingerprint density at radius 2 is 1.76 bits per heavy atom. The largest absolute Gasteiger partial charge is 0.323 e. The number of ketones is 1. The van der Waals surface area contributed by atoms with Crippen LogP contribution in [0.2, 0.25) is 0 Å². The molecule has 2 N–H and O–H groups in total. The molecule has 0 aliphatic heterocycles. The van der Waals surface area contributed by atoms with E-state index in [1.54, 1.807) is 18.2 Å². The third-order valence-corrected chi connectivity index (χ3v) is 2.70. The molecule has 0 atom stereocenters. The second-order valence-electron chi connectivity index (χ2n) is 4.34. The van der Waals surface area contributed by atoms with E-state index in [4.69, 9.17) is 0 Å². The zero-order chi connectivity index (χ0) is 15.4. The summed E-state index contributed by atoms with van der Waals surface area (Å²) in [6.07, 6.45) is 0. The fraction of sp³-hybridized carbons (Fsp3) is 0.0667. The van der Waals surface area contributed by atoms with Crippen molar-refractivity contribution < 1.29 is 18.4 Å². The molecule has 0 aromatic heterocycles. The van der Waals surface area contributed by atoms with Crippen molar-refractivity contribution in [2.24, 2.45) is 0 Å². The molecule has 2 aromatic carbocycles. The van der Waals surface area contributed by atoms with E-state index in [2.05, 4.69) is 10.6 Å². The number of benzene rings is 2. The lowest BCUT2D eigenvalue weighted by Crippen LogP contribution is -2.20. The molecule has 0 saturated carbocycles. The third kappa shape index (κ3) is 3.85. The summed E-state index contributed by atoms with van der Waals surface area (Å²) in [7, 11) is 0. The van der Waals surface area contributed by atoms with Gasteiger partial charge in [-0.2, -0.15) is 0 Å². The first kappa shape index (κ1) is 14.6. The lowest BCUT2D eigenvalue weighted by atomic mass is 10.1. The second-order valence-corrected chi connectivity index (χ2v) is 4.34. The molecule has 0 fully saturated rings. The van der Waals surface area contributed by atoms with Crippen molar-refractivity contribution in [2.75, 3.05) is 10.6 Å². The van der Waals surface area contributed by atoms with Crippen LogP contribution in [0.3, 0.4) is 0 Å². The molecule has 2 rings (SSSR count). The number of Topliss-reactive ketones (excluding diaryl/α,β-unsaturated/α-hetero) is 1. The van der Waals surface area contributed by atoms with Crippen LogP contribution in [-0.2, 0) is 0 Å². The number of urea groups is 1. The summed E-state index contributed by atoms with van der Waals surface area (Å²) >= 11 is 0. The fourth-order valence-corrected chi connectivity index (χ4v) is 1.69. The molecule has 2 amide bonds. The number of amides is 2. The van der Waals surface area contributed by atoms with Gasteiger partial charge >= 0.3 is 6.03 Å². The summed E-state index contributed by atoms with van der Waals surface area (Å²) in [5.41, 5.74) is 0.539. The predicted molar refractivity (Wildman–Crippen MR) is 75.4 cm³/mol. The van der Waals surface area contributed by atoms with Gasteiger partial charge in [0.25, 0.3) is 0 Å². The Morgan fingerprint density at radius 3 is 2.48 bits per heavy atom. The Balaban J connectivity index is 2.10. The van der Waals surface area contributed by atoms with Crippen LogP contribution < -0.4 is 10.6 Å². The summed E-state index contributed by atoms with van der Waals surface area (Å²) in [6, 6.07) is 8.29. The quantitative estimate of drug-likeness (QED) is 0.844. The molecule has 0 aliphatic carbocycles. The lowest BCUT2D eigenvalue weighted by molar-refractivity contribution is 0.101. The second kappa shape index (κ2) is 6.13. The predicted octanol–water partition coefficient (Wildman–Crippen LogP) is 3.81. The number of nitrogens with one attached hydrogen (secondary N) is 2. The molecule has 0 bridgehead atoms. The van der Waals surface area contributed by atoms with E-state index in [0.717, 1.165) is 18.2 Å². The molecule has 0 aliphatic rings. The fourth-order valence-electron chi connectivity index (χ4n) is 1.69. The van der Waals surface area contributed by atoms with Gasteiger partial charge in [-0.15, -0.1) is 0 Å². The summed E-state index contributed by atoms with van der Waals surface area (Å²) in [5, 5.41) is 4.64. The lowest BCUT2D eigenvalue weighted by Gasteiger charge is -2.09. The number of carbonyl (C=O) groups is 2. The standard InChI is InChI=1S/C15H12F2N2O2/c1-9(20)10-3-2-4-12(7-10)18-15(21)19-14-8-11(16)5-6-13(14)17/h2-8H,1H3,(H2,18,19,21). The number of carbonyl (C=O) groups excluding carboxylic acids is 2. The highest BCUT2D eigenvalue weighted by Crippen LogP contribution is 2.16. The first-order valence-corrected chi connectivity index (χ1v) is 6.10. The molecule has 2 aromatic rings. The minimum Gasteiger partial charge on any atom is -0.308 e. The first-order chi connectivity index (χ1) is 9.95. The summed E-state index contributed by atoms with van der Waals surface area (Å²) in [5.74, 6) is -1.55. The highest BCUT2D eigenvalue weighted by Gasteiger charge is 2.09. The maximum absolute atomic E-state index is 13.4. The third-order valence-electron chi connectivity index (χ3n) is 2.70. The molecule has 108 valence electrons. The molecule has 21 heavy (non-hydrogen) atoms. The van der Waals surface area contributed by atoms with Crippen molar-refractivity contribution in [3.05, 3.63) is 59.7 Å². The maximum atomic E-state index is 13.4. The van der Waals surface area contributed by atoms with Crippen LogP contribution in [0.1, 0.15) is 17.3 Å². The molecule has 6 heteroatoms. The molecule has 4 nitrogen and oxygen atoms in total. The van der Waals surface area contributed by atoms with Gasteiger partial charge < -0.3 is 10.6 Å². The molecule has 0 unspecified atom stereocenters. The Bertz CT molecular complexity index is 702. The van der Waals surface area contributed by atoms with Gasteiger partial charge in [-0.25, -0.2) is 13.6 Å². The van der Waals surface area contributed by atoms with Crippen LogP contribution in [0.25, 0.3) is 0 Å². The van der Waals surface area contributed by atoms with Crippen molar-refractivity contribution in [3.63, 3.8) is 0 Å².